The zero-order valence-electron chi connectivity index (χ0n) is 9.45. The molecule has 80 valence electrons. The lowest BCUT2D eigenvalue weighted by Crippen LogP contribution is -2.36. The summed E-state index contributed by atoms with van der Waals surface area (Å²) in [6.45, 7) is 3.64. The number of anilines is 2. The van der Waals surface area contributed by atoms with Gasteiger partial charge in [-0.2, -0.15) is 0 Å². The zero-order valence-corrected chi connectivity index (χ0v) is 9.45. The quantitative estimate of drug-likeness (QED) is 0.651. The maximum absolute atomic E-state index is 11.3. The van der Waals surface area contributed by atoms with Crippen LogP contribution in [0.5, 0.6) is 0 Å². The molecular weight excluding hydrogens is 188 g/mol. The molecule has 0 atom stereocenters. The highest BCUT2D eigenvalue weighted by molar-refractivity contribution is 5.96. The first-order chi connectivity index (χ1) is 7.09. The van der Waals surface area contributed by atoms with Crippen molar-refractivity contribution in [1.29, 1.82) is 0 Å². The van der Waals surface area contributed by atoms with E-state index in [-0.39, 0.29) is 5.78 Å². The van der Waals surface area contributed by atoms with Crippen molar-refractivity contribution in [2.45, 2.75) is 6.92 Å². The SMILES string of the molecule is CC(=O)c1ccc2c(c1)N(C)CCN2C. The first-order valence-electron chi connectivity index (χ1n) is 5.17. The Morgan fingerprint density at radius 3 is 2.33 bits per heavy atom. The highest BCUT2D eigenvalue weighted by atomic mass is 16.1. The smallest absolute Gasteiger partial charge is 0.159 e. The minimum absolute atomic E-state index is 0.124. The monoisotopic (exact) mass is 204 g/mol. The molecule has 0 radical (unpaired) electrons. The second-order valence-corrected chi connectivity index (χ2v) is 4.10. The van der Waals surface area contributed by atoms with Gasteiger partial charge in [-0.05, 0) is 25.1 Å². The van der Waals surface area contributed by atoms with Gasteiger partial charge in [0, 0.05) is 32.7 Å². The van der Waals surface area contributed by atoms with Crippen molar-refractivity contribution in [3.8, 4) is 0 Å². The molecule has 3 heteroatoms. The molecule has 3 nitrogen and oxygen atoms in total. The van der Waals surface area contributed by atoms with E-state index in [4.69, 9.17) is 0 Å². The van der Waals surface area contributed by atoms with E-state index in [1.165, 1.54) is 5.69 Å². The van der Waals surface area contributed by atoms with E-state index in [1.54, 1.807) is 6.92 Å². The fourth-order valence-corrected chi connectivity index (χ4v) is 1.91. The molecule has 0 saturated heterocycles. The van der Waals surface area contributed by atoms with Gasteiger partial charge < -0.3 is 9.80 Å². The third-order valence-electron chi connectivity index (χ3n) is 2.98. The minimum Gasteiger partial charge on any atom is -0.371 e. The molecule has 1 aromatic carbocycles. The number of hydrogen-bond donors (Lipinski definition) is 0. The Morgan fingerprint density at radius 1 is 1.13 bits per heavy atom. The summed E-state index contributed by atoms with van der Waals surface area (Å²) < 4.78 is 0. The molecule has 0 aromatic heterocycles. The molecule has 1 heterocycles. The fourth-order valence-electron chi connectivity index (χ4n) is 1.91. The van der Waals surface area contributed by atoms with E-state index in [0.29, 0.717) is 0 Å². The van der Waals surface area contributed by atoms with Crippen LogP contribution in [0.25, 0.3) is 0 Å². The summed E-state index contributed by atoms with van der Waals surface area (Å²) in [5, 5.41) is 0. The summed E-state index contributed by atoms with van der Waals surface area (Å²) in [7, 11) is 4.15. The maximum atomic E-state index is 11.3. The van der Waals surface area contributed by atoms with Crippen molar-refractivity contribution in [3.05, 3.63) is 23.8 Å². The van der Waals surface area contributed by atoms with Crippen LogP contribution in [-0.2, 0) is 0 Å². The predicted octanol–water partition coefficient (Wildman–Crippen LogP) is 1.78. The van der Waals surface area contributed by atoms with Crippen LogP contribution in [0.3, 0.4) is 0 Å². The Balaban J connectivity index is 2.49. The molecule has 0 unspecified atom stereocenters. The van der Waals surface area contributed by atoms with Gasteiger partial charge in [0.2, 0.25) is 0 Å². The molecule has 0 fully saturated rings. The van der Waals surface area contributed by atoms with E-state index in [1.807, 2.05) is 18.2 Å². The van der Waals surface area contributed by atoms with Crippen LogP contribution in [-0.4, -0.2) is 33.0 Å². The molecule has 0 spiro atoms. The van der Waals surface area contributed by atoms with Gasteiger partial charge in [0.05, 0.1) is 11.4 Å². The average Bonchev–Trinajstić information content (AvgIpc) is 2.23. The van der Waals surface area contributed by atoms with E-state index in [2.05, 4.69) is 23.9 Å². The number of benzene rings is 1. The summed E-state index contributed by atoms with van der Waals surface area (Å²) in [5.41, 5.74) is 3.14. The van der Waals surface area contributed by atoms with Gasteiger partial charge >= 0.3 is 0 Å². The van der Waals surface area contributed by atoms with Crippen LogP contribution in [0.1, 0.15) is 17.3 Å². The van der Waals surface area contributed by atoms with E-state index in [9.17, 15) is 4.79 Å². The van der Waals surface area contributed by atoms with Crippen molar-refractivity contribution in [2.24, 2.45) is 0 Å². The number of carbonyl (C=O) groups is 1. The lowest BCUT2D eigenvalue weighted by atomic mass is 10.1. The molecular formula is C12H16N2O. The summed E-state index contributed by atoms with van der Waals surface area (Å²) in [4.78, 5) is 15.7. The van der Waals surface area contributed by atoms with Crippen molar-refractivity contribution in [1.82, 2.24) is 0 Å². The van der Waals surface area contributed by atoms with E-state index < -0.39 is 0 Å². The van der Waals surface area contributed by atoms with E-state index in [0.717, 1.165) is 24.3 Å². The first kappa shape index (κ1) is 10.0. The van der Waals surface area contributed by atoms with Crippen molar-refractivity contribution in [3.63, 3.8) is 0 Å². The standard InChI is InChI=1S/C12H16N2O/c1-9(15)10-4-5-11-12(8-10)14(3)7-6-13(11)2/h4-5,8H,6-7H2,1-3H3. The number of fused-ring (bicyclic) bond motifs is 1. The second kappa shape index (κ2) is 3.57. The molecule has 0 aliphatic carbocycles. The van der Waals surface area contributed by atoms with Gasteiger partial charge in [-0.1, -0.05) is 0 Å². The molecule has 0 amide bonds. The molecule has 1 aliphatic rings. The zero-order chi connectivity index (χ0) is 11.0. The number of likely N-dealkylation sites (N-methyl/N-ethyl adjacent to an activating group) is 2. The van der Waals surface area contributed by atoms with Gasteiger partial charge in [-0.3, -0.25) is 4.79 Å². The Kier molecular flexibility index (Phi) is 2.39. The number of carbonyl (C=O) groups excluding carboxylic acids is 1. The largest absolute Gasteiger partial charge is 0.371 e. The minimum atomic E-state index is 0.124. The third-order valence-corrected chi connectivity index (χ3v) is 2.98. The molecule has 1 aromatic rings. The maximum Gasteiger partial charge on any atom is 0.159 e. The normalized spacial score (nSPS) is 15.1. The Morgan fingerprint density at radius 2 is 1.73 bits per heavy atom. The second-order valence-electron chi connectivity index (χ2n) is 4.10. The van der Waals surface area contributed by atoms with Gasteiger partial charge in [0.15, 0.2) is 5.78 Å². The van der Waals surface area contributed by atoms with Crippen LogP contribution in [0.15, 0.2) is 18.2 Å². The summed E-state index contributed by atoms with van der Waals surface area (Å²) >= 11 is 0. The third kappa shape index (κ3) is 1.69. The lowest BCUT2D eigenvalue weighted by Gasteiger charge is -2.34. The molecule has 2 rings (SSSR count). The predicted molar refractivity (Wildman–Crippen MR) is 63.0 cm³/mol. The lowest BCUT2D eigenvalue weighted by molar-refractivity contribution is 0.101. The number of Topliss-reactive ketones (excluding diaryl/α,β-unsaturated/α-hetero) is 1. The molecule has 1 aliphatic heterocycles. The number of rotatable bonds is 1. The van der Waals surface area contributed by atoms with Gasteiger partial charge in [0.1, 0.15) is 0 Å². The highest BCUT2D eigenvalue weighted by Gasteiger charge is 2.18. The van der Waals surface area contributed by atoms with Crippen LogP contribution in [0.4, 0.5) is 11.4 Å². The van der Waals surface area contributed by atoms with Crippen LogP contribution in [0.2, 0.25) is 0 Å². The molecule has 0 saturated carbocycles. The van der Waals surface area contributed by atoms with Gasteiger partial charge in [-0.25, -0.2) is 0 Å². The summed E-state index contributed by atoms with van der Waals surface area (Å²) in [5.74, 6) is 0.124. The van der Waals surface area contributed by atoms with Crippen LogP contribution in [0, 0.1) is 0 Å². The Bertz CT molecular complexity index is 401. The van der Waals surface area contributed by atoms with Crippen molar-refractivity contribution in [2.75, 3.05) is 37.0 Å². The van der Waals surface area contributed by atoms with Crippen LogP contribution >= 0.6 is 0 Å². The Labute approximate surface area is 90.3 Å². The molecule has 15 heavy (non-hydrogen) atoms. The number of ketones is 1. The van der Waals surface area contributed by atoms with Crippen molar-refractivity contribution >= 4 is 17.2 Å². The van der Waals surface area contributed by atoms with E-state index >= 15 is 0 Å². The average molecular weight is 204 g/mol. The first-order valence-corrected chi connectivity index (χ1v) is 5.17. The van der Waals surface area contributed by atoms with Gasteiger partial charge in [0.25, 0.3) is 0 Å². The summed E-state index contributed by atoms with van der Waals surface area (Å²) in [6.07, 6.45) is 0. The van der Waals surface area contributed by atoms with Crippen LogP contribution < -0.4 is 9.80 Å². The molecule has 0 N–H and O–H groups in total. The highest BCUT2D eigenvalue weighted by Crippen LogP contribution is 2.32. The van der Waals surface area contributed by atoms with Crippen molar-refractivity contribution < 1.29 is 4.79 Å². The van der Waals surface area contributed by atoms with Gasteiger partial charge in [-0.15, -0.1) is 0 Å². The molecule has 0 bridgehead atoms. The number of nitrogens with zero attached hydrogens (tertiary/aromatic N) is 2. The topological polar surface area (TPSA) is 23.6 Å². The fraction of sp³-hybridized carbons (Fsp3) is 0.417. The Hall–Kier alpha value is -1.51. The summed E-state index contributed by atoms with van der Waals surface area (Å²) in [6, 6.07) is 5.91. The number of hydrogen-bond acceptors (Lipinski definition) is 3.